The van der Waals surface area contributed by atoms with Crippen LogP contribution in [0, 0.1) is 23.0 Å². The molecule has 2 aromatic carbocycles. The van der Waals surface area contributed by atoms with Gasteiger partial charge in [-0.1, -0.05) is 18.2 Å². The molecule has 0 fully saturated rings. The van der Waals surface area contributed by atoms with Crippen LogP contribution in [0.15, 0.2) is 53.6 Å². The van der Waals surface area contributed by atoms with Crippen molar-refractivity contribution in [2.75, 3.05) is 0 Å². The zero-order valence-electron chi connectivity index (χ0n) is 11.0. The van der Waals surface area contributed by atoms with Gasteiger partial charge in [-0.2, -0.15) is 5.26 Å². The first-order valence-corrected chi connectivity index (χ1v) is 7.60. The Balaban J connectivity index is 2.35. The first kappa shape index (κ1) is 14.2. The van der Waals surface area contributed by atoms with Crippen molar-refractivity contribution in [2.45, 2.75) is 4.90 Å². The zero-order valence-corrected chi connectivity index (χ0v) is 11.8. The summed E-state index contributed by atoms with van der Waals surface area (Å²) in [6, 6.07) is 11.4. The van der Waals surface area contributed by atoms with Crippen LogP contribution in [0.4, 0.5) is 8.78 Å². The molecule has 0 aliphatic carbocycles. The van der Waals surface area contributed by atoms with Crippen molar-refractivity contribution in [1.29, 1.82) is 5.26 Å². The molecule has 3 rings (SSSR count). The van der Waals surface area contributed by atoms with E-state index in [0.717, 1.165) is 12.3 Å². The largest absolute Gasteiger partial charge is 0.268 e. The third-order valence-corrected chi connectivity index (χ3v) is 4.93. The Morgan fingerprint density at radius 1 is 1.05 bits per heavy atom. The Morgan fingerprint density at radius 3 is 2.36 bits per heavy atom. The molecule has 0 amide bonds. The molecule has 0 N–H and O–H groups in total. The number of benzene rings is 2. The van der Waals surface area contributed by atoms with Crippen LogP contribution < -0.4 is 0 Å². The van der Waals surface area contributed by atoms with Gasteiger partial charge in [-0.3, -0.25) is 0 Å². The van der Waals surface area contributed by atoms with E-state index in [1.807, 2.05) is 0 Å². The van der Waals surface area contributed by atoms with E-state index in [-0.39, 0.29) is 10.3 Å². The van der Waals surface area contributed by atoms with Crippen molar-refractivity contribution in [3.8, 4) is 6.07 Å². The van der Waals surface area contributed by atoms with Crippen molar-refractivity contribution in [3.05, 3.63) is 65.9 Å². The monoisotopic (exact) mass is 318 g/mol. The highest BCUT2D eigenvalue weighted by molar-refractivity contribution is 7.90. The highest BCUT2D eigenvalue weighted by atomic mass is 32.2. The molecule has 0 radical (unpaired) electrons. The van der Waals surface area contributed by atoms with Gasteiger partial charge in [0.05, 0.1) is 10.5 Å². The van der Waals surface area contributed by atoms with Crippen LogP contribution in [-0.4, -0.2) is 12.4 Å². The minimum absolute atomic E-state index is 0.0448. The topological polar surface area (TPSA) is 62.9 Å². The molecule has 0 bridgehead atoms. The Kier molecular flexibility index (Phi) is 3.19. The lowest BCUT2D eigenvalue weighted by molar-refractivity contribution is 0.512. The second kappa shape index (κ2) is 4.93. The fourth-order valence-electron chi connectivity index (χ4n) is 2.20. The van der Waals surface area contributed by atoms with E-state index in [1.165, 1.54) is 36.4 Å². The molecule has 0 spiro atoms. The standard InChI is InChI=1S/C15H8F2N2O2S/c16-13-11(9-18)8-10-6-7-19(15(10)14(13)17)22(20,21)12-4-2-1-3-5-12/h1-8H. The summed E-state index contributed by atoms with van der Waals surface area (Å²) in [7, 11) is -4.05. The lowest BCUT2D eigenvalue weighted by Crippen LogP contribution is -2.13. The van der Waals surface area contributed by atoms with Crippen LogP contribution in [0.3, 0.4) is 0 Å². The molecule has 110 valence electrons. The maximum absolute atomic E-state index is 14.2. The van der Waals surface area contributed by atoms with E-state index >= 15 is 0 Å². The maximum Gasteiger partial charge on any atom is 0.268 e. The predicted octanol–water partition coefficient (Wildman–Crippen LogP) is 3.03. The van der Waals surface area contributed by atoms with Crippen molar-refractivity contribution in [1.82, 2.24) is 3.97 Å². The van der Waals surface area contributed by atoms with E-state index in [4.69, 9.17) is 5.26 Å². The summed E-state index contributed by atoms with van der Waals surface area (Å²) in [5, 5.41) is 8.90. The quantitative estimate of drug-likeness (QED) is 0.729. The van der Waals surface area contributed by atoms with Gasteiger partial charge < -0.3 is 0 Å². The predicted molar refractivity (Wildman–Crippen MR) is 75.6 cm³/mol. The van der Waals surface area contributed by atoms with Crippen LogP contribution in [-0.2, 0) is 10.0 Å². The van der Waals surface area contributed by atoms with Crippen LogP contribution in [0.5, 0.6) is 0 Å². The number of hydrogen-bond acceptors (Lipinski definition) is 3. The molecule has 22 heavy (non-hydrogen) atoms. The van der Waals surface area contributed by atoms with E-state index < -0.39 is 32.7 Å². The molecule has 0 aliphatic heterocycles. The van der Waals surface area contributed by atoms with Gasteiger partial charge in [-0.25, -0.2) is 21.2 Å². The molecule has 0 unspecified atom stereocenters. The van der Waals surface area contributed by atoms with Gasteiger partial charge in [-0.05, 0) is 24.3 Å². The van der Waals surface area contributed by atoms with Gasteiger partial charge in [0.2, 0.25) is 0 Å². The third-order valence-electron chi connectivity index (χ3n) is 3.24. The molecule has 1 heterocycles. The summed E-state index contributed by atoms with van der Waals surface area (Å²) in [5.74, 6) is -2.73. The zero-order chi connectivity index (χ0) is 15.9. The van der Waals surface area contributed by atoms with Crippen LogP contribution in [0.1, 0.15) is 5.56 Å². The summed E-state index contributed by atoms with van der Waals surface area (Å²) in [6.07, 6.45) is 1.14. The number of fused-ring (bicyclic) bond motifs is 1. The average molecular weight is 318 g/mol. The molecule has 0 atom stereocenters. The third kappa shape index (κ3) is 1.96. The second-order valence-electron chi connectivity index (χ2n) is 4.53. The molecule has 7 heteroatoms. The number of rotatable bonds is 2. The number of nitriles is 1. The Morgan fingerprint density at radius 2 is 1.73 bits per heavy atom. The van der Waals surface area contributed by atoms with Crippen molar-refractivity contribution in [3.63, 3.8) is 0 Å². The highest BCUT2D eigenvalue weighted by Crippen LogP contribution is 2.27. The number of halogens is 2. The van der Waals surface area contributed by atoms with E-state index in [0.29, 0.717) is 3.97 Å². The molecular weight excluding hydrogens is 310 g/mol. The van der Waals surface area contributed by atoms with Crippen molar-refractivity contribution < 1.29 is 17.2 Å². The minimum atomic E-state index is -4.05. The Bertz CT molecular complexity index is 1020. The molecule has 1 aromatic heterocycles. The van der Waals surface area contributed by atoms with Gasteiger partial charge in [0, 0.05) is 11.6 Å². The first-order chi connectivity index (χ1) is 10.5. The summed E-state index contributed by atoms with van der Waals surface area (Å²) >= 11 is 0. The maximum atomic E-state index is 14.2. The minimum Gasteiger partial charge on any atom is -0.238 e. The Labute approximate surface area is 124 Å². The van der Waals surface area contributed by atoms with E-state index in [1.54, 1.807) is 6.07 Å². The van der Waals surface area contributed by atoms with E-state index in [2.05, 4.69) is 0 Å². The smallest absolute Gasteiger partial charge is 0.238 e. The number of hydrogen-bond donors (Lipinski definition) is 0. The molecular formula is C15H8F2N2O2S. The SMILES string of the molecule is N#Cc1cc2ccn(S(=O)(=O)c3ccccc3)c2c(F)c1F. The molecule has 4 nitrogen and oxygen atoms in total. The lowest BCUT2D eigenvalue weighted by Gasteiger charge is -2.08. The number of aromatic nitrogens is 1. The average Bonchev–Trinajstić information content (AvgIpc) is 2.96. The fraction of sp³-hybridized carbons (Fsp3) is 0. The van der Waals surface area contributed by atoms with Gasteiger partial charge in [0.1, 0.15) is 11.6 Å². The summed E-state index contributed by atoms with van der Waals surface area (Å²) in [6.45, 7) is 0. The first-order valence-electron chi connectivity index (χ1n) is 6.16. The van der Waals surface area contributed by atoms with Crippen molar-refractivity contribution >= 4 is 20.9 Å². The Hall–Kier alpha value is -2.72. The highest BCUT2D eigenvalue weighted by Gasteiger charge is 2.23. The van der Waals surface area contributed by atoms with Gasteiger partial charge in [0.15, 0.2) is 11.6 Å². The van der Waals surface area contributed by atoms with Gasteiger partial charge in [-0.15, -0.1) is 0 Å². The van der Waals surface area contributed by atoms with Crippen LogP contribution in [0.2, 0.25) is 0 Å². The van der Waals surface area contributed by atoms with Crippen LogP contribution >= 0.6 is 0 Å². The number of nitrogens with zero attached hydrogens (tertiary/aromatic N) is 2. The molecule has 3 aromatic rings. The van der Waals surface area contributed by atoms with Gasteiger partial charge in [0.25, 0.3) is 10.0 Å². The molecule has 0 saturated heterocycles. The van der Waals surface area contributed by atoms with Crippen LogP contribution in [0.25, 0.3) is 10.9 Å². The summed E-state index contributed by atoms with van der Waals surface area (Å²) in [5.41, 5.74) is -0.889. The van der Waals surface area contributed by atoms with Crippen molar-refractivity contribution in [2.24, 2.45) is 0 Å². The normalized spacial score (nSPS) is 11.5. The van der Waals surface area contributed by atoms with E-state index in [9.17, 15) is 17.2 Å². The second-order valence-corrected chi connectivity index (χ2v) is 6.35. The summed E-state index contributed by atoms with van der Waals surface area (Å²) in [4.78, 5) is -0.0448. The molecule has 0 saturated carbocycles. The van der Waals surface area contributed by atoms with Gasteiger partial charge >= 0.3 is 0 Å². The fourth-order valence-corrected chi connectivity index (χ4v) is 3.57. The molecule has 0 aliphatic rings. The summed E-state index contributed by atoms with van der Waals surface area (Å²) < 4.78 is 53.7. The lowest BCUT2D eigenvalue weighted by atomic mass is 10.1.